The predicted molar refractivity (Wildman–Crippen MR) is 121 cm³/mol. The number of benzene rings is 3. The van der Waals surface area contributed by atoms with E-state index in [1.54, 1.807) is 0 Å². The summed E-state index contributed by atoms with van der Waals surface area (Å²) in [6, 6.07) is 26.8. The molecule has 0 N–H and O–H groups in total. The topological polar surface area (TPSA) is 57.2 Å². The Kier molecular flexibility index (Phi) is 8.91. The average Bonchev–Trinajstić information content (AvgIpc) is 2.76. The average molecular weight is 555 g/mol. The highest BCUT2D eigenvalue weighted by molar-refractivity contribution is 7.97. The summed E-state index contributed by atoms with van der Waals surface area (Å²) in [6.07, 6.45) is -6.83. The van der Waals surface area contributed by atoms with E-state index in [0.717, 1.165) is 0 Å². The Balaban J connectivity index is 0.000000284. The van der Waals surface area contributed by atoms with Gasteiger partial charge >= 0.3 is 17.4 Å². The minimum atomic E-state index is -7.10. The maximum atomic E-state index is 11.8. The zero-order chi connectivity index (χ0) is 27.5. The van der Waals surface area contributed by atoms with Gasteiger partial charge in [-0.05, 0) is 57.2 Å². The van der Waals surface area contributed by atoms with Crippen LogP contribution in [0.4, 0.5) is 30.7 Å². The Morgan fingerprint density at radius 2 is 0.833 bits per heavy atom. The molecule has 0 heterocycles. The van der Waals surface area contributed by atoms with Crippen molar-refractivity contribution in [2.24, 2.45) is 0 Å². The maximum absolute atomic E-state index is 11.8. The van der Waals surface area contributed by atoms with Crippen molar-refractivity contribution >= 4 is 21.0 Å². The van der Waals surface area contributed by atoms with Gasteiger partial charge in [0.2, 0.25) is 0 Å². The van der Waals surface area contributed by atoms with Gasteiger partial charge in [0.05, 0.1) is 10.9 Å². The van der Waals surface area contributed by atoms with Crippen molar-refractivity contribution in [2.45, 2.75) is 52.8 Å². The van der Waals surface area contributed by atoms with Gasteiger partial charge in [-0.3, -0.25) is 0 Å². The fourth-order valence-electron chi connectivity index (χ4n) is 2.75. The van der Waals surface area contributed by atoms with E-state index in [1.165, 1.54) is 31.4 Å². The minimum Gasteiger partial charge on any atom is -0.743 e. The lowest BCUT2D eigenvalue weighted by Crippen LogP contribution is -2.55. The maximum Gasteiger partial charge on any atom is 0.461 e. The Hall–Kier alpha value is -2.57. The van der Waals surface area contributed by atoms with Crippen LogP contribution in [0.3, 0.4) is 0 Å². The van der Waals surface area contributed by atoms with Crippen molar-refractivity contribution in [3.05, 3.63) is 89.5 Å². The van der Waals surface area contributed by atoms with E-state index in [1.807, 2.05) is 0 Å². The molecule has 3 nitrogen and oxygen atoms in total. The quantitative estimate of drug-likeness (QED) is 0.193. The van der Waals surface area contributed by atoms with Crippen LogP contribution in [-0.4, -0.2) is 30.3 Å². The summed E-state index contributed by atoms with van der Waals surface area (Å²) < 4.78 is 109. The smallest absolute Gasteiger partial charge is 0.461 e. The summed E-state index contributed by atoms with van der Waals surface area (Å²) in [5.41, 5.74) is 3.92. The van der Waals surface area contributed by atoms with Crippen LogP contribution in [0, 0.1) is 20.8 Å². The third kappa shape index (κ3) is 6.60. The molecule has 0 atom stereocenters. The predicted octanol–water partition coefficient (Wildman–Crippen LogP) is 7.03. The van der Waals surface area contributed by atoms with Gasteiger partial charge in [-0.1, -0.05) is 53.1 Å². The normalized spacial score (nSPS) is 12.8. The van der Waals surface area contributed by atoms with Crippen LogP contribution < -0.4 is 0 Å². The summed E-state index contributed by atoms with van der Waals surface area (Å²) in [7, 11) is -7.14. The number of hydrogen-bond acceptors (Lipinski definition) is 3. The van der Waals surface area contributed by atoms with Crippen molar-refractivity contribution in [3.63, 3.8) is 0 Å². The number of alkyl halides is 7. The lowest BCUT2D eigenvalue weighted by molar-refractivity contribution is -0.333. The summed E-state index contributed by atoms with van der Waals surface area (Å²) >= 11 is 0. The zero-order valence-corrected chi connectivity index (χ0v) is 20.7. The molecule has 0 spiro atoms. The molecule has 0 radical (unpaired) electrons. The number of hydrogen-bond donors (Lipinski definition) is 0. The molecule has 0 saturated heterocycles. The lowest BCUT2D eigenvalue weighted by Gasteiger charge is -2.29. The number of aryl methyl sites for hydroxylation is 3. The SMILES string of the molecule is Cc1ccc([S+](c2ccc(C)cc2)c2ccc(C)cc2)cc1.O=S(=O)([O-])C(F)(F)C(F)(F)C(F)(F)F. The highest BCUT2D eigenvalue weighted by Gasteiger charge is 2.76. The van der Waals surface area contributed by atoms with Crippen molar-refractivity contribution in [3.8, 4) is 0 Å². The standard InChI is InChI=1S/C21H21S.C3HF7O3S/c1-16-4-10-19(11-5-16)22(20-12-6-17(2)7-13-20)21-14-8-18(3)9-15-21;4-1(5,2(6,7)8)3(9,10)14(11,12)13/h4-15H,1-3H3;(H,11,12,13)/q+1;/p-1. The Morgan fingerprint density at radius 1 is 0.583 bits per heavy atom. The van der Waals surface area contributed by atoms with Crippen molar-refractivity contribution in [2.75, 3.05) is 0 Å². The van der Waals surface area contributed by atoms with E-state index >= 15 is 0 Å². The van der Waals surface area contributed by atoms with E-state index in [9.17, 15) is 43.7 Å². The third-order valence-corrected chi connectivity index (χ3v) is 7.92. The van der Waals surface area contributed by atoms with Gasteiger partial charge in [0, 0.05) is 0 Å². The van der Waals surface area contributed by atoms with Gasteiger partial charge in [-0.25, -0.2) is 8.42 Å². The molecule has 0 amide bonds. The molecule has 3 aromatic carbocycles. The second-order valence-corrected chi connectivity index (χ2v) is 11.2. The van der Waals surface area contributed by atoms with Crippen LogP contribution in [0.25, 0.3) is 0 Å². The molecule has 0 aliphatic carbocycles. The molecule has 0 bridgehead atoms. The van der Waals surface area contributed by atoms with Crippen molar-refractivity contribution < 1.29 is 43.7 Å². The summed E-state index contributed by atoms with van der Waals surface area (Å²) in [5.74, 6) is -6.92. The van der Waals surface area contributed by atoms with Crippen molar-refractivity contribution in [1.29, 1.82) is 0 Å². The van der Waals surface area contributed by atoms with Gasteiger partial charge < -0.3 is 4.55 Å². The molecule has 0 aliphatic heterocycles. The third-order valence-electron chi connectivity index (χ3n) is 4.81. The molecule has 0 aliphatic rings. The number of rotatable bonds is 5. The molecule has 0 fully saturated rings. The van der Waals surface area contributed by atoms with E-state index in [0.29, 0.717) is 0 Å². The molecule has 0 aromatic heterocycles. The monoisotopic (exact) mass is 554 g/mol. The molecule has 36 heavy (non-hydrogen) atoms. The fraction of sp³-hybridized carbons (Fsp3) is 0.250. The molecular weight excluding hydrogens is 533 g/mol. The molecular formula is C24H21F7O3S2. The van der Waals surface area contributed by atoms with Crippen LogP contribution in [-0.2, 0) is 21.0 Å². The zero-order valence-electron chi connectivity index (χ0n) is 19.1. The highest BCUT2D eigenvalue weighted by atomic mass is 32.2. The first-order valence-corrected chi connectivity index (χ1v) is 12.7. The second-order valence-electron chi connectivity index (χ2n) is 7.79. The highest BCUT2D eigenvalue weighted by Crippen LogP contribution is 2.48. The van der Waals surface area contributed by atoms with Gasteiger partial charge in [0.1, 0.15) is 0 Å². The summed E-state index contributed by atoms with van der Waals surface area (Å²) in [6.45, 7) is 6.42. The van der Waals surface area contributed by atoms with Gasteiger partial charge in [-0.2, -0.15) is 30.7 Å². The molecule has 3 aromatic rings. The van der Waals surface area contributed by atoms with Crippen LogP contribution in [0.1, 0.15) is 16.7 Å². The van der Waals surface area contributed by atoms with E-state index in [2.05, 4.69) is 93.6 Å². The van der Waals surface area contributed by atoms with Gasteiger partial charge in [-0.15, -0.1) is 0 Å². The molecule has 3 rings (SSSR count). The first-order chi connectivity index (χ1) is 16.4. The van der Waals surface area contributed by atoms with E-state index in [4.69, 9.17) is 0 Å². The van der Waals surface area contributed by atoms with Crippen LogP contribution >= 0.6 is 0 Å². The van der Waals surface area contributed by atoms with Crippen LogP contribution in [0.15, 0.2) is 87.5 Å². The second kappa shape index (κ2) is 10.8. The minimum absolute atomic E-state index is 0.0394. The Morgan fingerprint density at radius 3 is 1.00 bits per heavy atom. The van der Waals surface area contributed by atoms with Crippen molar-refractivity contribution in [1.82, 2.24) is 0 Å². The summed E-state index contributed by atoms with van der Waals surface area (Å²) in [5, 5.41) is -6.72. The largest absolute Gasteiger partial charge is 0.743 e. The number of halogens is 7. The van der Waals surface area contributed by atoms with Crippen LogP contribution in [0.5, 0.6) is 0 Å². The Bertz CT molecular complexity index is 1150. The van der Waals surface area contributed by atoms with Gasteiger partial charge in [0.15, 0.2) is 24.8 Å². The Labute approximate surface area is 207 Å². The molecule has 12 heteroatoms. The molecule has 0 saturated carbocycles. The van der Waals surface area contributed by atoms with Crippen LogP contribution in [0.2, 0.25) is 0 Å². The first-order valence-electron chi connectivity index (χ1n) is 10.1. The molecule has 0 unspecified atom stereocenters. The first kappa shape index (κ1) is 29.7. The van der Waals surface area contributed by atoms with Gasteiger partial charge in [0.25, 0.3) is 0 Å². The fourth-order valence-corrected chi connectivity index (χ4v) is 5.22. The lowest BCUT2D eigenvalue weighted by atomic mass is 10.2. The molecule has 196 valence electrons. The van der Waals surface area contributed by atoms with E-state index in [-0.39, 0.29) is 10.9 Å². The summed E-state index contributed by atoms with van der Waals surface area (Å²) in [4.78, 5) is 4.12. The van der Waals surface area contributed by atoms with E-state index < -0.39 is 27.5 Å².